The number of anilines is 2. The van der Waals surface area contributed by atoms with Gasteiger partial charge in [0.15, 0.2) is 0 Å². The lowest BCUT2D eigenvalue weighted by Crippen LogP contribution is -2.45. The SMILES string of the molecule is CN(C)C1CCN(c2ccc(NC(=O)C3CNCCO3)nc2)CC1. The van der Waals surface area contributed by atoms with E-state index in [1.807, 2.05) is 18.3 Å². The average Bonchev–Trinajstić information content (AvgIpc) is 2.63. The maximum absolute atomic E-state index is 12.1. The number of piperidine rings is 1. The molecule has 24 heavy (non-hydrogen) atoms. The zero-order valence-corrected chi connectivity index (χ0v) is 14.5. The Labute approximate surface area is 143 Å². The lowest BCUT2D eigenvalue weighted by molar-refractivity contribution is -0.128. The first kappa shape index (κ1) is 17.1. The fourth-order valence-electron chi connectivity index (χ4n) is 3.23. The van der Waals surface area contributed by atoms with E-state index in [9.17, 15) is 4.79 Å². The van der Waals surface area contributed by atoms with Gasteiger partial charge in [-0.25, -0.2) is 4.98 Å². The number of carbonyl (C=O) groups is 1. The van der Waals surface area contributed by atoms with Gasteiger partial charge in [-0.3, -0.25) is 4.79 Å². The molecule has 2 aliphatic heterocycles. The van der Waals surface area contributed by atoms with Gasteiger partial charge in [0.05, 0.1) is 18.5 Å². The number of ether oxygens (including phenoxy) is 1. The Morgan fingerprint density at radius 3 is 2.75 bits per heavy atom. The van der Waals surface area contributed by atoms with Crippen molar-refractivity contribution in [1.82, 2.24) is 15.2 Å². The van der Waals surface area contributed by atoms with Gasteiger partial charge in [-0.1, -0.05) is 0 Å². The van der Waals surface area contributed by atoms with E-state index in [0.29, 0.717) is 25.0 Å². The van der Waals surface area contributed by atoms with Gasteiger partial charge in [-0.15, -0.1) is 0 Å². The second kappa shape index (κ2) is 7.92. The number of rotatable bonds is 4. The Bertz CT molecular complexity index is 534. The highest BCUT2D eigenvalue weighted by Gasteiger charge is 2.23. The molecule has 0 bridgehead atoms. The molecule has 0 radical (unpaired) electrons. The Kier molecular flexibility index (Phi) is 5.65. The van der Waals surface area contributed by atoms with Gasteiger partial charge in [0, 0.05) is 32.2 Å². The monoisotopic (exact) mass is 333 g/mol. The predicted molar refractivity (Wildman–Crippen MR) is 94.4 cm³/mol. The molecule has 1 aromatic heterocycles. The second-order valence-electron chi connectivity index (χ2n) is 6.64. The molecule has 2 aliphatic rings. The van der Waals surface area contributed by atoms with Crippen molar-refractivity contribution in [2.24, 2.45) is 0 Å². The molecule has 3 rings (SSSR count). The highest BCUT2D eigenvalue weighted by Crippen LogP contribution is 2.22. The van der Waals surface area contributed by atoms with E-state index in [0.717, 1.165) is 38.2 Å². The Hall–Kier alpha value is -1.70. The third-order valence-corrected chi connectivity index (χ3v) is 4.78. The first-order valence-electron chi connectivity index (χ1n) is 8.64. The molecule has 3 heterocycles. The molecule has 0 aromatic carbocycles. The fraction of sp³-hybridized carbons (Fsp3) is 0.647. The smallest absolute Gasteiger partial charge is 0.255 e. The highest BCUT2D eigenvalue weighted by molar-refractivity contribution is 5.93. The molecule has 7 heteroatoms. The lowest BCUT2D eigenvalue weighted by Gasteiger charge is -2.36. The molecular formula is C17H27N5O2. The normalized spacial score (nSPS) is 22.6. The molecule has 0 aliphatic carbocycles. The summed E-state index contributed by atoms with van der Waals surface area (Å²) < 4.78 is 5.45. The summed E-state index contributed by atoms with van der Waals surface area (Å²) in [5.41, 5.74) is 1.11. The first-order chi connectivity index (χ1) is 11.6. The summed E-state index contributed by atoms with van der Waals surface area (Å²) in [7, 11) is 4.29. The van der Waals surface area contributed by atoms with Crippen LogP contribution >= 0.6 is 0 Å². The average molecular weight is 333 g/mol. The molecule has 2 N–H and O–H groups in total. The molecule has 2 fully saturated rings. The van der Waals surface area contributed by atoms with Gasteiger partial charge >= 0.3 is 0 Å². The van der Waals surface area contributed by atoms with Crippen LogP contribution in [0.1, 0.15) is 12.8 Å². The van der Waals surface area contributed by atoms with E-state index >= 15 is 0 Å². The van der Waals surface area contributed by atoms with Gasteiger partial charge in [0.1, 0.15) is 11.9 Å². The largest absolute Gasteiger partial charge is 0.370 e. The van der Waals surface area contributed by atoms with Crippen LogP contribution in [0.5, 0.6) is 0 Å². The van der Waals surface area contributed by atoms with Crippen molar-refractivity contribution in [1.29, 1.82) is 0 Å². The lowest BCUT2D eigenvalue weighted by atomic mass is 10.0. The minimum Gasteiger partial charge on any atom is -0.370 e. The molecule has 1 atom stereocenters. The predicted octanol–water partition coefficient (Wildman–Crippen LogP) is 0.539. The number of morpholine rings is 1. The van der Waals surface area contributed by atoms with Crippen LogP contribution in [-0.4, -0.2) is 74.8 Å². The number of pyridine rings is 1. The van der Waals surface area contributed by atoms with Crippen LogP contribution < -0.4 is 15.5 Å². The van der Waals surface area contributed by atoms with E-state index in [4.69, 9.17) is 4.74 Å². The number of aromatic nitrogens is 1. The van der Waals surface area contributed by atoms with Gasteiger partial charge in [0.2, 0.25) is 0 Å². The fourth-order valence-corrected chi connectivity index (χ4v) is 3.23. The van der Waals surface area contributed by atoms with Crippen molar-refractivity contribution < 1.29 is 9.53 Å². The minimum absolute atomic E-state index is 0.144. The molecule has 7 nitrogen and oxygen atoms in total. The number of amides is 1. The topological polar surface area (TPSA) is 69.7 Å². The van der Waals surface area contributed by atoms with Gasteiger partial charge in [0.25, 0.3) is 5.91 Å². The Morgan fingerprint density at radius 1 is 1.38 bits per heavy atom. The van der Waals surface area contributed by atoms with Crippen molar-refractivity contribution in [2.45, 2.75) is 25.0 Å². The van der Waals surface area contributed by atoms with Crippen LogP contribution in [0.15, 0.2) is 18.3 Å². The number of hydrogen-bond acceptors (Lipinski definition) is 6. The van der Waals surface area contributed by atoms with Crippen molar-refractivity contribution in [2.75, 3.05) is 57.1 Å². The summed E-state index contributed by atoms with van der Waals surface area (Å²) >= 11 is 0. The van der Waals surface area contributed by atoms with E-state index in [1.165, 1.54) is 0 Å². The first-order valence-corrected chi connectivity index (χ1v) is 8.64. The van der Waals surface area contributed by atoms with Crippen molar-refractivity contribution in [3.05, 3.63) is 18.3 Å². The van der Waals surface area contributed by atoms with Gasteiger partial charge < -0.3 is 25.2 Å². The Morgan fingerprint density at radius 2 is 2.17 bits per heavy atom. The van der Waals surface area contributed by atoms with Gasteiger partial charge in [-0.05, 0) is 39.1 Å². The van der Waals surface area contributed by atoms with Crippen LogP contribution in [0.25, 0.3) is 0 Å². The summed E-state index contributed by atoms with van der Waals surface area (Å²) in [6, 6.07) is 4.55. The summed E-state index contributed by atoms with van der Waals surface area (Å²) in [6.45, 7) is 3.98. The molecule has 2 saturated heterocycles. The van der Waals surface area contributed by atoms with Crippen molar-refractivity contribution in [3.8, 4) is 0 Å². The second-order valence-corrected chi connectivity index (χ2v) is 6.64. The summed E-state index contributed by atoms with van der Waals surface area (Å²) in [6.07, 6.45) is 3.73. The number of hydrogen-bond donors (Lipinski definition) is 2. The standard InChI is InChI=1S/C17H27N5O2/c1-21(2)13-5-8-22(9-6-13)14-3-4-16(19-11-14)20-17(23)15-12-18-7-10-24-15/h3-4,11,13,15,18H,5-10,12H2,1-2H3,(H,19,20,23). The zero-order chi connectivity index (χ0) is 16.9. The summed E-state index contributed by atoms with van der Waals surface area (Å²) in [5, 5.41) is 5.97. The summed E-state index contributed by atoms with van der Waals surface area (Å²) in [4.78, 5) is 21.2. The third kappa shape index (κ3) is 4.23. The van der Waals surface area contributed by atoms with Gasteiger partial charge in [-0.2, -0.15) is 0 Å². The molecular weight excluding hydrogens is 306 g/mol. The summed E-state index contributed by atoms with van der Waals surface area (Å²) in [5.74, 6) is 0.426. The molecule has 0 saturated carbocycles. The quantitative estimate of drug-likeness (QED) is 0.838. The third-order valence-electron chi connectivity index (χ3n) is 4.78. The highest BCUT2D eigenvalue weighted by atomic mass is 16.5. The minimum atomic E-state index is -0.440. The number of carbonyl (C=O) groups excluding carboxylic acids is 1. The van der Waals surface area contributed by atoms with Crippen molar-refractivity contribution in [3.63, 3.8) is 0 Å². The van der Waals surface area contributed by atoms with E-state index in [1.54, 1.807) is 0 Å². The molecule has 1 aromatic rings. The maximum atomic E-state index is 12.1. The maximum Gasteiger partial charge on any atom is 0.255 e. The van der Waals surface area contributed by atoms with E-state index < -0.39 is 6.10 Å². The molecule has 1 amide bonds. The van der Waals surface area contributed by atoms with Crippen LogP contribution in [0.3, 0.4) is 0 Å². The molecule has 1 unspecified atom stereocenters. The van der Waals surface area contributed by atoms with E-state index in [-0.39, 0.29) is 5.91 Å². The molecule has 132 valence electrons. The van der Waals surface area contributed by atoms with Crippen LogP contribution in [0, 0.1) is 0 Å². The number of nitrogens with one attached hydrogen (secondary N) is 2. The number of nitrogens with zero attached hydrogens (tertiary/aromatic N) is 3. The molecule has 0 spiro atoms. The van der Waals surface area contributed by atoms with Crippen LogP contribution in [0.4, 0.5) is 11.5 Å². The zero-order valence-electron chi connectivity index (χ0n) is 14.5. The van der Waals surface area contributed by atoms with Crippen LogP contribution in [0.2, 0.25) is 0 Å². The van der Waals surface area contributed by atoms with Crippen molar-refractivity contribution >= 4 is 17.4 Å². The Balaban J connectivity index is 1.53. The van der Waals surface area contributed by atoms with E-state index in [2.05, 4.69) is 39.5 Å². The van der Waals surface area contributed by atoms with Crippen LogP contribution in [-0.2, 0) is 9.53 Å².